The molecule has 3 rings (SSSR count). The first-order chi connectivity index (χ1) is 11.3. The highest BCUT2D eigenvalue weighted by Gasteiger charge is 2.26. The molecule has 0 N–H and O–H groups in total. The van der Waals surface area contributed by atoms with E-state index in [1.807, 2.05) is 91.0 Å². The molecule has 1 atom stereocenters. The van der Waals surface area contributed by atoms with Crippen molar-refractivity contribution in [1.82, 2.24) is 0 Å². The van der Waals surface area contributed by atoms with Crippen LogP contribution in [-0.2, 0) is 21.9 Å². The van der Waals surface area contributed by atoms with Crippen molar-refractivity contribution in [3.63, 3.8) is 0 Å². The summed E-state index contributed by atoms with van der Waals surface area (Å²) in [4.78, 5) is 0. The molecule has 23 heavy (non-hydrogen) atoms. The summed E-state index contributed by atoms with van der Waals surface area (Å²) in [5, 5.41) is 0.764. The van der Waals surface area contributed by atoms with Crippen LogP contribution in [0, 0.1) is 0 Å². The van der Waals surface area contributed by atoms with Gasteiger partial charge in [-0.15, -0.1) is 0 Å². The lowest BCUT2D eigenvalue weighted by molar-refractivity contribution is 0.309. The van der Waals surface area contributed by atoms with Crippen LogP contribution in [0.1, 0.15) is 11.1 Å². The summed E-state index contributed by atoms with van der Waals surface area (Å²) >= 11 is 0. The molecule has 0 aliphatic rings. The second kappa shape index (κ2) is 7.41. The summed E-state index contributed by atoms with van der Waals surface area (Å²) in [6.07, 6.45) is 0.407. The van der Waals surface area contributed by atoms with Crippen molar-refractivity contribution < 1.29 is 9.09 Å². The average molecular weight is 322 g/mol. The Morgan fingerprint density at radius 1 is 0.652 bits per heavy atom. The largest absolute Gasteiger partial charge is 0.320 e. The van der Waals surface area contributed by atoms with Gasteiger partial charge >= 0.3 is 0 Å². The maximum Gasteiger partial charge on any atom is 0.236 e. The summed E-state index contributed by atoms with van der Waals surface area (Å²) in [6.45, 7) is 0.347. The quantitative estimate of drug-likeness (QED) is 0.597. The molecule has 0 heterocycles. The molecule has 116 valence electrons. The molecule has 0 fully saturated rings. The molecule has 1 unspecified atom stereocenters. The van der Waals surface area contributed by atoms with E-state index in [-0.39, 0.29) is 0 Å². The highest BCUT2D eigenvalue weighted by molar-refractivity contribution is 7.66. The Balaban J connectivity index is 1.86. The second-order valence-corrected chi connectivity index (χ2v) is 7.85. The van der Waals surface area contributed by atoms with Gasteiger partial charge in [0.05, 0.1) is 12.8 Å². The molecule has 0 aliphatic carbocycles. The van der Waals surface area contributed by atoms with Crippen LogP contribution in [0.2, 0.25) is 0 Å². The van der Waals surface area contributed by atoms with Crippen LogP contribution >= 0.6 is 7.37 Å². The lowest BCUT2D eigenvalue weighted by atomic mass is 10.2. The Morgan fingerprint density at radius 3 is 1.70 bits per heavy atom. The van der Waals surface area contributed by atoms with E-state index >= 15 is 0 Å². The van der Waals surface area contributed by atoms with Crippen LogP contribution in [-0.4, -0.2) is 0 Å². The van der Waals surface area contributed by atoms with Gasteiger partial charge in [0.2, 0.25) is 7.37 Å². The number of hydrogen-bond donors (Lipinski definition) is 0. The highest BCUT2D eigenvalue weighted by Crippen LogP contribution is 2.49. The van der Waals surface area contributed by atoms with Gasteiger partial charge in [-0.25, -0.2) is 0 Å². The summed E-state index contributed by atoms with van der Waals surface area (Å²) in [7, 11) is -2.96. The van der Waals surface area contributed by atoms with E-state index in [1.54, 1.807) is 0 Å². The summed E-state index contributed by atoms with van der Waals surface area (Å²) in [5.74, 6) is 0. The lowest BCUT2D eigenvalue weighted by Gasteiger charge is -2.19. The number of hydrogen-bond acceptors (Lipinski definition) is 2. The van der Waals surface area contributed by atoms with Crippen molar-refractivity contribution in [3.8, 4) is 0 Å². The highest BCUT2D eigenvalue weighted by atomic mass is 31.2. The Kier molecular flexibility index (Phi) is 5.07. The Labute approximate surface area is 137 Å². The molecule has 0 bridgehead atoms. The fourth-order valence-electron chi connectivity index (χ4n) is 2.44. The molecular formula is C20H19O2P. The predicted octanol–water partition coefficient (Wildman–Crippen LogP) is 5.01. The van der Waals surface area contributed by atoms with Gasteiger partial charge in [0.25, 0.3) is 0 Å². The van der Waals surface area contributed by atoms with E-state index in [0.29, 0.717) is 12.8 Å². The third-order valence-electron chi connectivity index (χ3n) is 3.67. The fraction of sp³-hybridized carbons (Fsp3) is 0.100. The minimum atomic E-state index is -2.96. The van der Waals surface area contributed by atoms with Crippen molar-refractivity contribution >= 4 is 12.7 Å². The van der Waals surface area contributed by atoms with Crippen LogP contribution in [0.15, 0.2) is 91.0 Å². The average Bonchev–Trinajstić information content (AvgIpc) is 2.63. The molecule has 0 aromatic heterocycles. The predicted molar refractivity (Wildman–Crippen MR) is 95.1 cm³/mol. The molecule has 0 radical (unpaired) electrons. The lowest BCUT2D eigenvalue weighted by Crippen LogP contribution is -2.09. The first-order valence-electron chi connectivity index (χ1n) is 7.63. The van der Waals surface area contributed by atoms with Gasteiger partial charge in [-0.1, -0.05) is 78.9 Å². The zero-order valence-corrected chi connectivity index (χ0v) is 13.7. The van der Waals surface area contributed by atoms with Gasteiger partial charge < -0.3 is 4.52 Å². The van der Waals surface area contributed by atoms with Crippen molar-refractivity contribution in [3.05, 3.63) is 102 Å². The van der Waals surface area contributed by atoms with E-state index in [9.17, 15) is 4.57 Å². The Bertz CT molecular complexity index is 771. The van der Waals surface area contributed by atoms with E-state index in [1.165, 1.54) is 0 Å². The first-order valence-corrected chi connectivity index (χ1v) is 9.44. The maximum atomic E-state index is 13.5. The maximum absolute atomic E-state index is 13.5. The molecule has 3 aromatic rings. The molecule has 0 saturated heterocycles. The SMILES string of the molecule is O=P(Cc1ccccc1)(OCc1ccccc1)c1ccccc1. The van der Waals surface area contributed by atoms with Crippen molar-refractivity contribution in [2.24, 2.45) is 0 Å². The zero-order chi connectivity index (χ0) is 16.0. The topological polar surface area (TPSA) is 26.3 Å². The number of benzene rings is 3. The normalized spacial score (nSPS) is 13.4. The van der Waals surface area contributed by atoms with E-state index in [4.69, 9.17) is 4.52 Å². The Morgan fingerprint density at radius 2 is 1.13 bits per heavy atom. The van der Waals surface area contributed by atoms with E-state index < -0.39 is 7.37 Å². The van der Waals surface area contributed by atoms with Gasteiger partial charge in [0, 0.05) is 5.30 Å². The molecule has 0 aliphatic heterocycles. The smallest absolute Gasteiger partial charge is 0.236 e. The van der Waals surface area contributed by atoms with Gasteiger partial charge in [-0.2, -0.15) is 0 Å². The molecule has 2 nitrogen and oxygen atoms in total. The van der Waals surface area contributed by atoms with Gasteiger partial charge in [-0.3, -0.25) is 4.57 Å². The fourth-order valence-corrected chi connectivity index (χ4v) is 4.54. The van der Waals surface area contributed by atoms with Crippen molar-refractivity contribution in [2.45, 2.75) is 12.8 Å². The van der Waals surface area contributed by atoms with Crippen LogP contribution < -0.4 is 5.30 Å². The number of rotatable bonds is 6. The molecule has 3 aromatic carbocycles. The molecular weight excluding hydrogens is 303 g/mol. The summed E-state index contributed by atoms with van der Waals surface area (Å²) < 4.78 is 19.5. The molecule has 0 saturated carbocycles. The second-order valence-electron chi connectivity index (χ2n) is 5.41. The summed E-state index contributed by atoms with van der Waals surface area (Å²) in [5.41, 5.74) is 2.05. The van der Waals surface area contributed by atoms with E-state index in [0.717, 1.165) is 16.4 Å². The first kappa shape index (κ1) is 15.7. The minimum Gasteiger partial charge on any atom is -0.320 e. The minimum absolute atomic E-state index is 0.347. The van der Waals surface area contributed by atoms with Gasteiger partial charge in [-0.05, 0) is 23.3 Å². The third-order valence-corrected chi connectivity index (χ3v) is 6.08. The molecule has 0 spiro atoms. The van der Waals surface area contributed by atoms with Crippen LogP contribution in [0.3, 0.4) is 0 Å². The monoisotopic (exact) mass is 322 g/mol. The van der Waals surface area contributed by atoms with Gasteiger partial charge in [0.15, 0.2) is 0 Å². The molecule has 3 heteroatoms. The van der Waals surface area contributed by atoms with Crippen molar-refractivity contribution in [2.75, 3.05) is 0 Å². The van der Waals surface area contributed by atoms with Crippen LogP contribution in [0.4, 0.5) is 0 Å². The van der Waals surface area contributed by atoms with Crippen LogP contribution in [0.25, 0.3) is 0 Å². The summed E-state index contributed by atoms with van der Waals surface area (Å²) in [6, 6.07) is 29.2. The third kappa shape index (κ3) is 4.19. The van der Waals surface area contributed by atoms with Gasteiger partial charge in [0.1, 0.15) is 0 Å². The van der Waals surface area contributed by atoms with E-state index in [2.05, 4.69) is 0 Å². The molecule has 0 amide bonds. The Hall–Kier alpha value is -2.15. The zero-order valence-electron chi connectivity index (χ0n) is 12.8. The van der Waals surface area contributed by atoms with Crippen LogP contribution in [0.5, 0.6) is 0 Å². The standard InChI is InChI=1S/C20H19O2P/c21-23(20-14-8-3-9-15-20,17-19-12-6-2-7-13-19)22-16-18-10-4-1-5-11-18/h1-15H,16-17H2. The van der Waals surface area contributed by atoms with Crippen molar-refractivity contribution in [1.29, 1.82) is 0 Å².